The highest BCUT2D eigenvalue weighted by molar-refractivity contribution is 5.19. The number of likely N-dealkylation sites (N-methyl/N-ethyl adjacent to an activating group) is 2. The highest BCUT2D eigenvalue weighted by Crippen LogP contribution is 2.14. The van der Waals surface area contributed by atoms with Gasteiger partial charge in [0.1, 0.15) is 0 Å². The highest BCUT2D eigenvalue weighted by Gasteiger charge is 2.11. The molecule has 0 bridgehead atoms. The number of nitrogens with zero attached hydrogens (tertiary/aromatic N) is 2. The summed E-state index contributed by atoms with van der Waals surface area (Å²) in [4.78, 5) is 6.46. The third-order valence-electron chi connectivity index (χ3n) is 3.22. The van der Waals surface area contributed by atoms with Crippen LogP contribution < -0.4 is 5.32 Å². The summed E-state index contributed by atoms with van der Waals surface area (Å²) in [5, 5.41) is 3.38. The van der Waals surface area contributed by atoms with E-state index in [1.807, 2.05) is 25.5 Å². The van der Waals surface area contributed by atoms with E-state index >= 15 is 0 Å². The maximum atomic E-state index is 4.15. The second-order valence-electron chi connectivity index (χ2n) is 4.81. The molecule has 2 rings (SSSR count). The molecule has 1 heterocycles. The Morgan fingerprint density at radius 2 is 1.95 bits per heavy atom. The van der Waals surface area contributed by atoms with Crippen LogP contribution in [0.15, 0.2) is 54.9 Å². The van der Waals surface area contributed by atoms with Gasteiger partial charge in [0.25, 0.3) is 0 Å². The van der Waals surface area contributed by atoms with E-state index in [0.717, 1.165) is 13.1 Å². The third kappa shape index (κ3) is 4.16. The summed E-state index contributed by atoms with van der Waals surface area (Å²) < 4.78 is 0. The van der Waals surface area contributed by atoms with Crippen LogP contribution in [0.3, 0.4) is 0 Å². The third-order valence-corrected chi connectivity index (χ3v) is 3.22. The zero-order valence-electron chi connectivity index (χ0n) is 11.6. The molecule has 0 aliphatic rings. The van der Waals surface area contributed by atoms with Gasteiger partial charge in [-0.15, -0.1) is 0 Å². The van der Waals surface area contributed by atoms with Crippen LogP contribution in [-0.4, -0.2) is 30.5 Å². The molecule has 1 unspecified atom stereocenters. The molecule has 1 atom stereocenters. The molecule has 0 saturated heterocycles. The maximum Gasteiger partial charge on any atom is 0.0446 e. The summed E-state index contributed by atoms with van der Waals surface area (Å²) in [5.74, 6) is 0. The van der Waals surface area contributed by atoms with Crippen LogP contribution in [0, 0.1) is 0 Å². The molecule has 100 valence electrons. The van der Waals surface area contributed by atoms with Gasteiger partial charge in [-0.1, -0.05) is 36.4 Å². The quantitative estimate of drug-likeness (QED) is 0.859. The van der Waals surface area contributed by atoms with Gasteiger partial charge in [0.2, 0.25) is 0 Å². The van der Waals surface area contributed by atoms with Crippen molar-refractivity contribution in [3.8, 4) is 0 Å². The lowest BCUT2D eigenvalue weighted by Crippen LogP contribution is -2.30. The minimum Gasteiger partial charge on any atom is -0.312 e. The molecular formula is C16H21N3. The first-order valence-electron chi connectivity index (χ1n) is 6.59. The second-order valence-corrected chi connectivity index (χ2v) is 4.81. The van der Waals surface area contributed by atoms with Gasteiger partial charge >= 0.3 is 0 Å². The summed E-state index contributed by atoms with van der Waals surface area (Å²) in [7, 11) is 4.15. The first-order chi connectivity index (χ1) is 9.29. The van der Waals surface area contributed by atoms with Gasteiger partial charge in [-0.25, -0.2) is 0 Å². The largest absolute Gasteiger partial charge is 0.312 e. The Hall–Kier alpha value is -1.71. The lowest BCUT2D eigenvalue weighted by atomic mass is 10.1. The molecule has 0 fully saturated rings. The van der Waals surface area contributed by atoms with Gasteiger partial charge in [-0.2, -0.15) is 0 Å². The van der Waals surface area contributed by atoms with Crippen molar-refractivity contribution in [3.63, 3.8) is 0 Å². The predicted molar refractivity (Wildman–Crippen MR) is 78.8 cm³/mol. The first-order valence-corrected chi connectivity index (χ1v) is 6.59. The van der Waals surface area contributed by atoms with E-state index in [1.165, 1.54) is 11.1 Å². The fraction of sp³-hybridized carbons (Fsp3) is 0.312. The van der Waals surface area contributed by atoms with E-state index in [2.05, 4.69) is 58.6 Å². The first kappa shape index (κ1) is 13.7. The molecule has 0 saturated carbocycles. The number of aromatic nitrogens is 1. The maximum absolute atomic E-state index is 4.15. The van der Waals surface area contributed by atoms with Crippen molar-refractivity contribution in [2.75, 3.05) is 20.6 Å². The Labute approximate surface area is 115 Å². The van der Waals surface area contributed by atoms with Crippen LogP contribution >= 0.6 is 0 Å². The van der Waals surface area contributed by atoms with E-state index in [9.17, 15) is 0 Å². The molecule has 0 radical (unpaired) electrons. The van der Waals surface area contributed by atoms with Gasteiger partial charge in [0, 0.05) is 31.5 Å². The zero-order valence-corrected chi connectivity index (χ0v) is 11.6. The van der Waals surface area contributed by atoms with E-state index in [4.69, 9.17) is 0 Å². The minimum absolute atomic E-state index is 0.350. The molecule has 1 N–H and O–H groups in total. The number of nitrogens with one attached hydrogen (secondary N) is 1. The van der Waals surface area contributed by atoms with Crippen molar-refractivity contribution >= 4 is 0 Å². The van der Waals surface area contributed by atoms with Crippen molar-refractivity contribution in [1.29, 1.82) is 0 Å². The normalized spacial score (nSPS) is 12.6. The van der Waals surface area contributed by atoms with Gasteiger partial charge in [0.15, 0.2) is 0 Å². The summed E-state index contributed by atoms with van der Waals surface area (Å²) >= 11 is 0. The number of hydrogen-bond donors (Lipinski definition) is 1. The molecule has 3 heteroatoms. The van der Waals surface area contributed by atoms with Crippen LogP contribution in [0.1, 0.15) is 17.2 Å². The van der Waals surface area contributed by atoms with Crippen LogP contribution in [0.5, 0.6) is 0 Å². The molecule has 1 aromatic carbocycles. The SMILES string of the molecule is CNC(CN(C)Cc1cccnc1)c1ccccc1. The topological polar surface area (TPSA) is 28.2 Å². The lowest BCUT2D eigenvalue weighted by molar-refractivity contribution is 0.289. The fourth-order valence-corrected chi connectivity index (χ4v) is 2.23. The monoisotopic (exact) mass is 255 g/mol. The summed E-state index contributed by atoms with van der Waals surface area (Å²) in [6, 6.07) is 15.0. The molecule has 3 nitrogen and oxygen atoms in total. The summed E-state index contributed by atoms with van der Waals surface area (Å²) in [5.41, 5.74) is 2.57. The minimum atomic E-state index is 0.350. The van der Waals surface area contributed by atoms with Gasteiger partial charge in [-0.05, 0) is 31.3 Å². The molecule has 0 amide bonds. The number of rotatable bonds is 6. The van der Waals surface area contributed by atoms with Crippen molar-refractivity contribution in [3.05, 3.63) is 66.0 Å². The number of benzene rings is 1. The van der Waals surface area contributed by atoms with Crippen LogP contribution in [0.4, 0.5) is 0 Å². The molecular weight excluding hydrogens is 234 g/mol. The van der Waals surface area contributed by atoms with E-state index in [1.54, 1.807) is 0 Å². The van der Waals surface area contributed by atoms with Crippen molar-refractivity contribution in [1.82, 2.24) is 15.2 Å². The summed E-state index contributed by atoms with van der Waals surface area (Å²) in [6.07, 6.45) is 3.73. The smallest absolute Gasteiger partial charge is 0.0446 e. The Balaban J connectivity index is 1.95. The molecule has 0 aliphatic carbocycles. The Kier molecular flexibility index (Phi) is 5.07. The lowest BCUT2D eigenvalue weighted by Gasteiger charge is -2.24. The average Bonchev–Trinajstić information content (AvgIpc) is 2.47. The highest BCUT2D eigenvalue weighted by atomic mass is 15.1. The molecule has 19 heavy (non-hydrogen) atoms. The van der Waals surface area contributed by atoms with Gasteiger partial charge in [0.05, 0.1) is 0 Å². The zero-order chi connectivity index (χ0) is 13.5. The van der Waals surface area contributed by atoms with Crippen LogP contribution in [-0.2, 0) is 6.54 Å². The molecule has 2 aromatic rings. The fourth-order valence-electron chi connectivity index (χ4n) is 2.23. The Bertz CT molecular complexity index is 470. The van der Waals surface area contributed by atoms with Crippen LogP contribution in [0.2, 0.25) is 0 Å². The number of hydrogen-bond acceptors (Lipinski definition) is 3. The van der Waals surface area contributed by atoms with Crippen molar-refractivity contribution in [2.45, 2.75) is 12.6 Å². The predicted octanol–water partition coefficient (Wildman–Crippen LogP) is 2.47. The van der Waals surface area contributed by atoms with Gasteiger partial charge < -0.3 is 10.2 Å². The van der Waals surface area contributed by atoms with Crippen molar-refractivity contribution < 1.29 is 0 Å². The van der Waals surface area contributed by atoms with Crippen molar-refractivity contribution in [2.24, 2.45) is 0 Å². The molecule has 1 aromatic heterocycles. The Morgan fingerprint density at radius 3 is 2.58 bits per heavy atom. The standard InChI is InChI=1S/C16H21N3/c1-17-16(15-8-4-3-5-9-15)13-19(2)12-14-7-6-10-18-11-14/h3-11,16-17H,12-13H2,1-2H3. The number of pyridine rings is 1. The van der Waals surface area contributed by atoms with E-state index in [0.29, 0.717) is 6.04 Å². The van der Waals surface area contributed by atoms with E-state index in [-0.39, 0.29) is 0 Å². The van der Waals surface area contributed by atoms with E-state index < -0.39 is 0 Å². The molecule has 0 aliphatic heterocycles. The molecule has 0 spiro atoms. The Morgan fingerprint density at radius 1 is 1.16 bits per heavy atom. The second kappa shape index (κ2) is 7.02. The van der Waals surface area contributed by atoms with Gasteiger partial charge in [-0.3, -0.25) is 4.98 Å². The summed E-state index contributed by atoms with van der Waals surface area (Å²) in [6.45, 7) is 1.88. The van der Waals surface area contributed by atoms with Crippen LogP contribution in [0.25, 0.3) is 0 Å². The average molecular weight is 255 g/mol.